The SMILES string of the molecule is CC(Oc1ccccc1)C(=O)Nc1n[nH]c2cc(-c3ccccc3F)ccc12. The summed E-state index contributed by atoms with van der Waals surface area (Å²) in [6, 6.07) is 21.1. The number of aromatic nitrogens is 2. The number of nitrogens with zero attached hydrogens (tertiary/aromatic N) is 1. The van der Waals surface area contributed by atoms with Gasteiger partial charge in [0.2, 0.25) is 0 Å². The fraction of sp³-hybridized carbons (Fsp3) is 0.0909. The maximum Gasteiger partial charge on any atom is 0.266 e. The molecule has 0 radical (unpaired) electrons. The van der Waals surface area contributed by atoms with Crippen molar-refractivity contribution in [2.75, 3.05) is 5.32 Å². The van der Waals surface area contributed by atoms with Crippen molar-refractivity contribution in [2.45, 2.75) is 13.0 Å². The highest BCUT2D eigenvalue weighted by molar-refractivity contribution is 6.02. The first-order chi connectivity index (χ1) is 13.6. The van der Waals surface area contributed by atoms with Gasteiger partial charge in [-0.1, -0.05) is 42.5 Å². The summed E-state index contributed by atoms with van der Waals surface area (Å²) in [7, 11) is 0. The van der Waals surface area contributed by atoms with Crippen LogP contribution < -0.4 is 10.1 Å². The van der Waals surface area contributed by atoms with Gasteiger partial charge in [-0.3, -0.25) is 9.89 Å². The molecule has 5 nitrogen and oxygen atoms in total. The minimum atomic E-state index is -0.688. The number of ether oxygens (including phenoxy) is 1. The monoisotopic (exact) mass is 375 g/mol. The highest BCUT2D eigenvalue weighted by atomic mass is 19.1. The first-order valence-corrected chi connectivity index (χ1v) is 8.87. The second-order valence-electron chi connectivity index (χ2n) is 6.37. The fourth-order valence-electron chi connectivity index (χ4n) is 2.95. The van der Waals surface area contributed by atoms with Gasteiger partial charge in [0.25, 0.3) is 5.91 Å². The van der Waals surface area contributed by atoms with Crippen molar-refractivity contribution < 1.29 is 13.9 Å². The third kappa shape index (κ3) is 3.57. The third-order valence-electron chi connectivity index (χ3n) is 4.41. The smallest absolute Gasteiger partial charge is 0.266 e. The molecule has 0 saturated heterocycles. The predicted octanol–water partition coefficient (Wildman–Crippen LogP) is 4.78. The van der Waals surface area contributed by atoms with Crippen LogP contribution >= 0.6 is 0 Å². The van der Waals surface area contributed by atoms with E-state index in [-0.39, 0.29) is 11.7 Å². The van der Waals surface area contributed by atoms with Crippen molar-refractivity contribution in [3.8, 4) is 16.9 Å². The number of anilines is 1. The summed E-state index contributed by atoms with van der Waals surface area (Å²) in [5, 5.41) is 10.6. The Bertz CT molecular complexity index is 1130. The van der Waals surface area contributed by atoms with Gasteiger partial charge in [-0.05, 0) is 42.8 Å². The molecule has 0 fully saturated rings. The van der Waals surface area contributed by atoms with Gasteiger partial charge in [0.1, 0.15) is 11.6 Å². The van der Waals surface area contributed by atoms with Crippen LogP contribution in [-0.4, -0.2) is 22.2 Å². The van der Waals surface area contributed by atoms with Crippen molar-refractivity contribution in [1.82, 2.24) is 10.2 Å². The highest BCUT2D eigenvalue weighted by Crippen LogP contribution is 2.28. The Kier molecular flexibility index (Phi) is 4.76. The summed E-state index contributed by atoms with van der Waals surface area (Å²) in [5.74, 6) is 0.423. The van der Waals surface area contributed by atoms with Gasteiger partial charge >= 0.3 is 0 Å². The molecule has 28 heavy (non-hydrogen) atoms. The Morgan fingerprint density at radius 3 is 2.61 bits per heavy atom. The van der Waals surface area contributed by atoms with E-state index >= 15 is 0 Å². The standard InChI is InChI=1S/C22H18FN3O2/c1-14(28-16-7-3-2-4-8-16)22(27)24-21-18-12-11-15(13-20(18)25-26-21)17-9-5-6-10-19(17)23/h2-14H,1H3,(H2,24,25,26,27). The number of hydrogen-bond acceptors (Lipinski definition) is 3. The number of fused-ring (bicyclic) bond motifs is 1. The van der Waals surface area contributed by atoms with Gasteiger partial charge in [-0.25, -0.2) is 4.39 Å². The van der Waals surface area contributed by atoms with Gasteiger partial charge < -0.3 is 10.1 Å². The van der Waals surface area contributed by atoms with Crippen LogP contribution in [0.2, 0.25) is 0 Å². The molecule has 0 bridgehead atoms. The van der Waals surface area contributed by atoms with Crippen LogP contribution in [0.5, 0.6) is 5.75 Å². The average Bonchev–Trinajstić information content (AvgIpc) is 3.11. The number of H-pyrrole nitrogens is 1. The van der Waals surface area contributed by atoms with Crippen LogP contribution in [-0.2, 0) is 4.79 Å². The molecule has 1 heterocycles. The van der Waals surface area contributed by atoms with E-state index in [0.717, 1.165) is 10.9 Å². The molecule has 4 rings (SSSR count). The maximum absolute atomic E-state index is 14.0. The first kappa shape index (κ1) is 17.7. The van der Waals surface area contributed by atoms with Gasteiger partial charge in [0.15, 0.2) is 11.9 Å². The van der Waals surface area contributed by atoms with Crippen molar-refractivity contribution in [2.24, 2.45) is 0 Å². The molecule has 1 atom stereocenters. The number of nitrogens with one attached hydrogen (secondary N) is 2. The summed E-state index contributed by atoms with van der Waals surface area (Å²) in [6.07, 6.45) is -0.688. The summed E-state index contributed by atoms with van der Waals surface area (Å²) < 4.78 is 19.7. The molecular weight excluding hydrogens is 357 g/mol. The molecule has 0 aliphatic rings. The molecule has 6 heteroatoms. The number of hydrogen-bond donors (Lipinski definition) is 2. The molecule has 1 aromatic heterocycles. The molecule has 2 N–H and O–H groups in total. The van der Waals surface area contributed by atoms with E-state index < -0.39 is 6.10 Å². The lowest BCUT2D eigenvalue weighted by Crippen LogP contribution is -2.30. The van der Waals surface area contributed by atoms with Gasteiger partial charge in [0.05, 0.1) is 5.52 Å². The molecule has 4 aromatic rings. The van der Waals surface area contributed by atoms with E-state index in [1.165, 1.54) is 6.07 Å². The Balaban J connectivity index is 1.53. The number of rotatable bonds is 5. The predicted molar refractivity (Wildman–Crippen MR) is 107 cm³/mol. The second kappa shape index (κ2) is 7.52. The molecule has 1 unspecified atom stereocenters. The van der Waals surface area contributed by atoms with Gasteiger partial charge in [-0.15, -0.1) is 0 Å². The van der Waals surface area contributed by atoms with Crippen molar-refractivity contribution in [3.05, 3.63) is 78.6 Å². The summed E-state index contributed by atoms with van der Waals surface area (Å²) >= 11 is 0. The Hall–Kier alpha value is -3.67. The normalized spacial score (nSPS) is 11.9. The van der Waals surface area contributed by atoms with E-state index in [0.29, 0.717) is 22.6 Å². The quantitative estimate of drug-likeness (QED) is 0.528. The Morgan fingerprint density at radius 2 is 1.82 bits per heavy atom. The summed E-state index contributed by atoms with van der Waals surface area (Å²) in [6.45, 7) is 1.67. The number of carbonyl (C=O) groups excluding carboxylic acids is 1. The van der Waals surface area contributed by atoms with E-state index in [9.17, 15) is 9.18 Å². The van der Waals surface area contributed by atoms with Crippen molar-refractivity contribution in [1.29, 1.82) is 0 Å². The van der Waals surface area contributed by atoms with Crippen molar-refractivity contribution in [3.63, 3.8) is 0 Å². The molecular formula is C22H18FN3O2. The largest absolute Gasteiger partial charge is 0.481 e. The molecule has 3 aromatic carbocycles. The minimum absolute atomic E-state index is 0.290. The number of aromatic amines is 1. The lowest BCUT2D eigenvalue weighted by atomic mass is 10.0. The minimum Gasteiger partial charge on any atom is -0.481 e. The molecule has 0 aliphatic carbocycles. The Labute approximate surface area is 161 Å². The molecule has 140 valence electrons. The van der Waals surface area contributed by atoms with E-state index in [1.54, 1.807) is 55.5 Å². The first-order valence-electron chi connectivity index (χ1n) is 8.87. The van der Waals surface area contributed by atoms with Gasteiger partial charge in [0, 0.05) is 10.9 Å². The van der Waals surface area contributed by atoms with Crippen LogP contribution in [0.15, 0.2) is 72.8 Å². The molecule has 0 spiro atoms. The van der Waals surface area contributed by atoms with E-state index in [2.05, 4.69) is 15.5 Å². The van der Waals surface area contributed by atoms with Crippen LogP contribution in [0, 0.1) is 5.82 Å². The number of benzene rings is 3. The summed E-state index contributed by atoms with van der Waals surface area (Å²) in [4.78, 5) is 12.5. The zero-order chi connectivity index (χ0) is 19.5. The zero-order valence-corrected chi connectivity index (χ0v) is 15.1. The summed E-state index contributed by atoms with van der Waals surface area (Å²) in [5.41, 5.74) is 1.94. The lowest BCUT2D eigenvalue weighted by Gasteiger charge is -2.13. The number of carbonyl (C=O) groups is 1. The molecule has 1 amide bonds. The van der Waals surface area contributed by atoms with Crippen molar-refractivity contribution >= 4 is 22.6 Å². The lowest BCUT2D eigenvalue weighted by molar-refractivity contribution is -0.122. The van der Waals surface area contributed by atoms with E-state index in [4.69, 9.17) is 4.74 Å². The second-order valence-corrected chi connectivity index (χ2v) is 6.37. The fourth-order valence-corrected chi connectivity index (χ4v) is 2.95. The zero-order valence-electron chi connectivity index (χ0n) is 15.1. The van der Waals surface area contributed by atoms with Gasteiger partial charge in [-0.2, -0.15) is 5.10 Å². The van der Waals surface area contributed by atoms with Crippen LogP contribution in [0.1, 0.15) is 6.92 Å². The van der Waals surface area contributed by atoms with E-state index in [1.807, 2.05) is 18.2 Å². The van der Waals surface area contributed by atoms with Crippen LogP contribution in [0.4, 0.5) is 10.2 Å². The molecule has 0 aliphatic heterocycles. The highest BCUT2D eigenvalue weighted by Gasteiger charge is 2.18. The number of amides is 1. The number of halogens is 1. The maximum atomic E-state index is 14.0. The topological polar surface area (TPSA) is 67.0 Å². The molecule has 0 saturated carbocycles. The average molecular weight is 375 g/mol. The van der Waals surface area contributed by atoms with Crippen LogP contribution in [0.25, 0.3) is 22.0 Å². The Morgan fingerprint density at radius 1 is 1.07 bits per heavy atom. The third-order valence-corrected chi connectivity index (χ3v) is 4.41. The van der Waals surface area contributed by atoms with Crippen LogP contribution in [0.3, 0.4) is 0 Å². The number of para-hydroxylation sites is 1.